The summed E-state index contributed by atoms with van der Waals surface area (Å²) in [7, 11) is 0. The van der Waals surface area contributed by atoms with Gasteiger partial charge >= 0.3 is 0 Å². The summed E-state index contributed by atoms with van der Waals surface area (Å²) in [5.41, 5.74) is 4.26. The molecule has 0 aliphatic rings. The third kappa shape index (κ3) is 3.41. The molecule has 0 aliphatic heterocycles. The van der Waals surface area contributed by atoms with Gasteiger partial charge < -0.3 is 0 Å². The fraction of sp³-hybridized carbons (Fsp3) is 0.158. The summed E-state index contributed by atoms with van der Waals surface area (Å²) in [6.45, 7) is 4.10. The number of hydrogen-bond acceptors (Lipinski definition) is 4. The summed E-state index contributed by atoms with van der Waals surface area (Å²) in [6, 6.07) is 16.3. The molecule has 0 aliphatic carbocycles. The van der Waals surface area contributed by atoms with Gasteiger partial charge in [0.2, 0.25) is 0 Å². The monoisotopic (exact) mass is 394 g/mol. The second kappa shape index (κ2) is 7.05. The van der Waals surface area contributed by atoms with Crippen molar-refractivity contribution in [3.05, 3.63) is 80.8 Å². The number of rotatable bonds is 4. The molecule has 4 aromatic rings. The van der Waals surface area contributed by atoms with Gasteiger partial charge in [0.25, 0.3) is 0 Å². The molecule has 0 amide bonds. The van der Waals surface area contributed by atoms with E-state index in [1.165, 1.54) is 0 Å². The zero-order valence-electron chi connectivity index (χ0n) is 14.9. The predicted molar refractivity (Wildman–Crippen MR) is 110 cm³/mol. The Balaban J connectivity index is 1.80. The molecule has 0 fully saturated rings. The van der Waals surface area contributed by atoms with E-state index in [-0.39, 0.29) is 0 Å². The average Bonchev–Trinajstić information content (AvgIpc) is 3.18. The Morgan fingerprint density at radius 2 is 1.22 bits per heavy atom. The minimum absolute atomic E-state index is 0.474. The molecular formula is C19H18N6S2. The molecule has 2 N–H and O–H groups in total. The Bertz CT molecular complexity index is 1130. The molecule has 0 atom stereocenters. The van der Waals surface area contributed by atoms with Crippen LogP contribution in [0.25, 0.3) is 11.4 Å². The largest absolute Gasteiger partial charge is 0.272 e. The number of aromatic amines is 2. The lowest BCUT2D eigenvalue weighted by molar-refractivity contribution is 0.822. The first kappa shape index (κ1) is 17.6. The number of benzene rings is 2. The molecule has 0 saturated carbocycles. The Morgan fingerprint density at radius 3 is 1.63 bits per heavy atom. The molecule has 0 radical (unpaired) electrons. The first-order valence-electron chi connectivity index (χ1n) is 8.49. The van der Waals surface area contributed by atoms with Crippen LogP contribution < -0.4 is 0 Å². The van der Waals surface area contributed by atoms with Crippen LogP contribution in [0.4, 0.5) is 0 Å². The van der Waals surface area contributed by atoms with Crippen LogP contribution in [-0.4, -0.2) is 29.5 Å². The zero-order chi connectivity index (χ0) is 19.0. The SMILES string of the molecule is Cc1cccc(-n2c(Cc3n[nH]c(=S)n3-c3cccc(C)c3)n[nH]c2=S)c1. The van der Waals surface area contributed by atoms with Crippen molar-refractivity contribution < 1.29 is 0 Å². The van der Waals surface area contributed by atoms with E-state index in [2.05, 4.69) is 58.5 Å². The van der Waals surface area contributed by atoms with E-state index in [9.17, 15) is 0 Å². The number of aromatic nitrogens is 6. The summed E-state index contributed by atoms with van der Waals surface area (Å²) < 4.78 is 4.96. The lowest BCUT2D eigenvalue weighted by Crippen LogP contribution is -2.08. The fourth-order valence-corrected chi connectivity index (χ4v) is 3.62. The maximum Gasteiger partial charge on any atom is 0.199 e. The highest BCUT2D eigenvalue weighted by Crippen LogP contribution is 2.18. The van der Waals surface area contributed by atoms with E-state index in [1.54, 1.807) is 0 Å². The van der Waals surface area contributed by atoms with Crippen LogP contribution in [0.5, 0.6) is 0 Å². The highest BCUT2D eigenvalue weighted by Gasteiger charge is 2.15. The van der Waals surface area contributed by atoms with Crippen LogP contribution in [0.2, 0.25) is 0 Å². The molecule has 0 saturated heterocycles. The van der Waals surface area contributed by atoms with E-state index >= 15 is 0 Å². The van der Waals surface area contributed by atoms with E-state index < -0.39 is 0 Å². The highest BCUT2D eigenvalue weighted by molar-refractivity contribution is 7.71. The van der Waals surface area contributed by atoms with Gasteiger partial charge in [0, 0.05) is 11.4 Å². The smallest absolute Gasteiger partial charge is 0.199 e. The number of aryl methyl sites for hydroxylation is 2. The minimum Gasteiger partial charge on any atom is -0.272 e. The van der Waals surface area contributed by atoms with Crippen LogP contribution in [0.15, 0.2) is 48.5 Å². The van der Waals surface area contributed by atoms with E-state index in [0.29, 0.717) is 16.0 Å². The van der Waals surface area contributed by atoms with Crippen LogP contribution >= 0.6 is 24.4 Å². The predicted octanol–water partition coefficient (Wildman–Crippen LogP) is 4.38. The van der Waals surface area contributed by atoms with Crippen LogP contribution in [0, 0.1) is 23.4 Å². The minimum atomic E-state index is 0.474. The molecule has 0 unspecified atom stereocenters. The fourth-order valence-electron chi connectivity index (χ4n) is 3.10. The van der Waals surface area contributed by atoms with Crippen molar-refractivity contribution in [3.8, 4) is 11.4 Å². The van der Waals surface area contributed by atoms with Gasteiger partial charge in [0.05, 0.1) is 6.42 Å². The first-order chi connectivity index (χ1) is 13.0. The molecule has 2 aromatic carbocycles. The average molecular weight is 395 g/mol. The Kier molecular flexibility index (Phi) is 4.59. The van der Waals surface area contributed by atoms with Gasteiger partial charge in [-0.2, -0.15) is 10.2 Å². The highest BCUT2D eigenvalue weighted by atomic mass is 32.1. The Hall–Kier alpha value is -2.84. The summed E-state index contributed by atoms with van der Waals surface area (Å²) in [5, 5.41) is 14.6. The van der Waals surface area contributed by atoms with E-state index in [4.69, 9.17) is 24.4 Å². The third-order valence-electron chi connectivity index (χ3n) is 4.32. The molecular weight excluding hydrogens is 376 g/mol. The van der Waals surface area contributed by atoms with Crippen molar-refractivity contribution in [2.24, 2.45) is 0 Å². The van der Waals surface area contributed by atoms with Crippen molar-refractivity contribution in [2.45, 2.75) is 20.3 Å². The molecule has 2 aromatic heterocycles. The van der Waals surface area contributed by atoms with Gasteiger partial charge in [-0.15, -0.1) is 0 Å². The zero-order valence-corrected chi connectivity index (χ0v) is 16.6. The van der Waals surface area contributed by atoms with Crippen molar-refractivity contribution in [2.75, 3.05) is 0 Å². The van der Waals surface area contributed by atoms with E-state index in [0.717, 1.165) is 34.2 Å². The molecule has 6 nitrogen and oxygen atoms in total. The number of nitrogens with zero attached hydrogens (tertiary/aromatic N) is 4. The lowest BCUT2D eigenvalue weighted by Gasteiger charge is -2.09. The maximum absolute atomic E-state index is 5.45. The normalized spacial score (nSPS) is 11.0. The summed E-state index contributed by atoms with van der Waals surface area (Å²) in [4.78, 5) is 0. The maximum atomic E-state index is 5.45. The van der Waals surface area contributed by atoms with Crippen LogP contribution in [0.3, 0.4) is 0 Å². The Morgan fingerprint density at radius 1 is 0.778 bits per heavy atom. The van der Waals surface area contributed by atoms with Gasteiger partial charge in [-0.3, -0.25) is 19.3 Å². The van der Waals surface area contributed by atoms with E-state index in [1.807, 2.05) is 33.4 Å². The second-order valence-electron chi connectivity index (χ2n) is 6.42. The molecule has 2 heterocycles. The van der Waals surface area contributed by atoms with Crippen molar-refractivity contribution in [1.82, 2.24) is 29.5 Å². The number of nitrogens with one attached hydrogen (secondary N) is 2. The van der Waals surface area contributed by atoms with Crippen molar-refractivity contribution in [1.29, 1.82) is 0 Å². The molecule has 136 valence electrons. The standard InChI is InChI=1S/C19H18N6S2/c1-12-5-3-7-14(9-12)24-16(20-22-18(24)26)11-17-21-23-19(27)25(17)15-8-4-6-13(2)10-15/h3-10H,11H2,1-2H3,(H,22,26)(H,23,27). The summed E-state index contributed by atoms with van der Waals surface area (Å²) in [5.74, 6) is 1.54. The van der Waals surface area contributed by atoms with Gasteiger partial charge in [-0.25, -0.2) is 0 Å². The topological polar surface area (TPSA) is 67.2 Å². The van der Waals surface area contributed by atoms with Crippen LogP contribution in [0.1, 0.15) is 22.8 Å². The number of hydrogen-bond donors (Lipinski definition) is 2. The quantitative estimate of drug-likeness (QED) is 0.504. The summed E-state index contributed by atoms with van der Waals surface area (Å²) >= 11 is 10.9. The van der Waals surface area contributed by atoms with Gasteiger partial charge in [0.1, 0.15) is 11.6 Å². The molecule has 27 heavy (non-hydrogen) atoms. The third-order valence-corrected chi connectivity index (χ3v) is 4.87. The molecule has 8 heteroatoms. The molecule has 0 spiro atoms. The second-order valence-corrected chi connectivity index (χ2v) is 7.19. The number of H-pyrrole nitrogens is 2. The van der Waals surface area contributed by atoms with Gasteiger partial charge in [0.15, 0.2) is 9.54 Å². The Labute approximate surface area is 166 Å². The summed E-state index contributed by atoms with van der Waals surface area (Å²) in [6.07, 6.45) is 0.474. The molecule has 0 bridgehead atoms. The van der Waals surface area contributed by atoms with Crippen molar-refractivity contribution >= 4 is 24.4 Å². The molecule has 4 rings (SSSR count). The van der Waals surface area contributed by atoms with Crippen LogP contribution in [-0.2, 0) is 6.42 Å². The van der Waals surface area contributed by atoms with Gasteiger partial charge in [-0.05, 0) is 73.7 Å². The van der Waals surface area contributed by atoms with Crippen molar-refractivity contribution in [3.63, 3.8) is 0 Å². The van der Waals surface area contributed by atoms with Gasteiger partial charge in [-0.1, -0.05) is 24.3 Å². The first-order valence-corrected chi connectivity index (χ1v) is 9.31. The lowest BCUT2D eigenvalue weighted by atomic mass is 10.2.